The first-order valence-electron chi connectivity index (χ1n) is 10.5. The SMILES string of the molecule is CC(c1ccc(C(C)C2C(Cl)C3(Cl)C=CC2(Cl)C3)cc1)C1C(Cl)C2(Cl)C=CC1(Cl)C2. The summed E-state index contributed by atoms with van der Waals surface area (Å²) in [6.07, 6.45) is 9.42. The third kappa shape index (κ3) is 3.00. The van der Waals surface area contributed by atoms with Gasteiger partial charge in [0.15, 0.2) is 0 Å². The van der Waals surface area contributed by atoms with E-state index in [-0.39, 0.29) is 34.4 Å². The van der Waals surface area contributed by atoms with Gasteiger partial charge < -0.3 is 0 Å². The second kappa shape index (κ2) is 6.97. The summed E-state index contributed by atoms with van der Waals surface area (Å²) in [6.45, 7) is 4.38. The minimum absolute atomic E-state index is 0.0803. The van der Waals surface area contributed by atoms with E-state index in [2.05, 4.69) is 38.1 Å². The van der Waals surface area contributed by atoms with Gasteiger partial charge in [0.05, 0.1) is 30.3 Å². The van der Waals surface area contributed by atoms with E-state index in [1.165, 1.54) is 11.1 Å². The molecule has 0 aliphatic heterocycles. The summed E-state index contributed by atoms with van der Waals surface area (Å²) >= 11 is 40.9. The Bertz CT molecular complexity index is 851. The Morgan fingerprint density at radius 2 is 0.933 bits per heavy atom. The average Bonchev–Trinajstić information content (AvgIpc) is 3.31. The van der Waals surface area contributed by atoms with Crippen molar-refractivity contribution in [2.24, 2.45) is 11.8 Å². The van der Waals surface area contributed by atoms with Crippen LogP contribution < -0.4 is 0 Å². The first-order chi connectivity index (χ1) is 13.9. The highest BCUT2D eigenvalue weighted by molar-refractivity contribution is 6.39. The van der Waals surface area contributed by atoms with Crippen molar-refractivity contribution in [1.29, 1.82) is 0 Å². The van der Waals surface area contributed by atoms with Crippen molar-refractivity contribution in [3.05, 3.63) is 59.7 Å². The molecule has 0 amide bonds. The van der Waals surface area contributed by atoms with E-state index in [4.69, 9.17) is 69.6 Å². The van der Waals surface area contributed by atoms with Crippen molar-refractivity contribution >= 4 is 69.6 Å². The van der Waals surface area contributed by atoms with E-state index in [9.17, 15) is 0 Å². The van der Waals surface area contributed by atoms with Gasteiger partial charge in [0.1, 0.15) is 0 Å². The van der Waals surface area contributed by atoms with Crippen LogP contribution in [0.5, 0.6) is 0 Å². The van der Waals surface area contributed by atoms with Crippen LogP contribution in [0.3, 0.4) is 0 Å². The van der Waals surface area contributed by atoms with Crippen LogP contribution in [-0.4, -0.2) is 30.3 Å². The molecule has 4 aliphatic carbocycles. The largest absolute Gasteiger partial charge is 0.120 e. The molecule has 2 saturated carbocycles. The zero-order chi connectivity index (χ0) is 21.7. The molecule has 1 aromatic carbocycles. The molecule has 0 N–H and O–H groups in total. The first-order valence-corrected chi connectivity index (χ1v) is 12.9. The highest BCUT2D eigenvalue weighted by Gasteiger charge is 2.63. The van der Waals surface area contributed by atoms with Crippen LogP contribution in [0.4, 0.5) is 0 Å². The summed E-state index contributed by atoms with van der Waals surface area (Å²) in [5, 5.41) is -0.381. The Kier molecular flexibility index (Phi) is 5.17. The highest BCUT2D eigenvalue weighted by Crippen LogP contribution is 2.63. The molecule has 0 aromatic heterocycles. The lowest BCUT2D eigenvalue weighted by Gasteiger charge is -2.36. The quantitative estimate of drug-likeness (QED) is 0.275. The Balaban J connectivity index is 1.38. The number of halogens is 6. The molecule has 4 bridgehead atoms. The zero-order valence-corrected chi connectivity index (χ0v) is 21.3. The molecular weight excluding hydrogens is 501 g/mol. The molecular formula is C24H24Cl6. The fourth-order valence-electron chi connectivity index (χ4n) is 6.40. The Labute approximate surface area is 208 Å². The minimum atomic E-state index is -0.534. The Hall–Kier alpha value is 0.440. The van der Waals surface area contributed by atoms with Gasteiger partial charge in [-0.15, -0.1) is 69.6 Å². The molecule has 10 unspecified atom stereocenters. The second-order valence-electron chi connectivity index (χ2n) is 9.83. The molecule has 162 valence electrons. The van der Waals surface area contributed by atoms with Gasteiger partial charge in [-0.25, -0.2) is 0 Å². The lowest BCUT2D eigenvalue weighted by Crippen LogP contribution is -2.37. The van der Waals surface area contributed by atoms with Crippen molar-refractivity contribution in [3.63, 3.8) is 0 Å². The van der Waals surface area contributed by atoms with Crippen LogP contribution in [0.2, 0.25) is 0 Å². The monoisotopic (exact) mass is 522 g/mol. The molecule has 2 fully saturated rings. The molecule has 0 heterocycles. The van der Waals surface area contributed by atoms with Gasteiger partial charge in [-0.05, 0) is 35.8 Å². The van der Waals surface area contributed by atoms with E-state index in [1.54, 1.807) is 0 Å². The fourth-order valence-corrected chi connectivity index (χ4v) is 9.89. The number of hydrogen-bond donors (Lipinski definition) is 0. The standard InChI is InChI=1S/C24H24Cl6/c1-13(17-19(25)23(29)9-7-21(17,27)11-23)15-3-5-16(6-4-15)14(2)18-20(26)24(30)10-8-22(18,28)12-24/h3-10,13-14,17-20H,11-12H2,1-2H3. The van der Waals surface area contributed by atoms with Gasteiger partial charge in [0.25, 0.3) is 0 Å². The molecule has 0 saturated heterocycles. The second-order valence-corrected chi connectivity index (χ2v) is 13.6. The van der Waals surface area contributed by atoms with Crippen molar-refractivity contribution < 1.29 is 0 Å². The lowest BCUT2D eigenvalue weighted by atomic mass is 9.76. The van der Waals surface area contributed by atoms with Gasteiger partial charge >= 0.3 is 0 Å². The topological polar surface area (TPSA) is 0 Å². The Morgan fingerprint density at radius 3 is 1.20 bits per heavy atom. The molecule has 30 heavy (non-hydrogen) atoms. The van der Waals surface area contributed by atoms with E-state index < -0.39 is 19.5 Å². The third-order valence-corrected chi connectivity index (χ3v) is 11.6. The molecule has 4 aliphatic rings. The van der Waals surface area contributed by atoms with E-state index in [0.717, 1.165) is 0 Å². The molecule has 10 atom stereocenters. The number of fused-ring (bicyclic) bond motifs is 4. The first kappa shape index (κ1) is 22.2. The van der Waals surface area contributed by atoms with Gasteiger partial charge in [0, 0.05) is 11.8 Å². The summed E-state index contributed by atoms with van der Waals surface area (Å²) < 4.78 is 0. The number of benzene rings is 1. The van der Waals surface area contributed by atoms with Gasteiger partial charge in [0.2, 0.25) is 0 Å². The van der Waals surface area contributed by atoms with Gasteiger partial charge in [-0.2, -0.15) is 0 Å². The average molecular weight is 525 g/mol. The van der Waals surface area contributed by atoms with Gasteiger partial charge in [-0.3, -0.25) is 0 Å². The van der Waals surface area contributed by atoms with Crippen LogP contribution in [0.15, 0.2) is 48.6 Å². The smallest absolute Gasteiger partial charge is 0.0813 e. The summed E-state index contributed by atoms with van der Waals surface area (Å²) in [4.78, 5) is -2.01. The summed E-state index contributed by atoms with van der Waals surface area (Å²) in [7, 11) is 0. The molecule has 6 heteroatoms. The van der Waals surface area contributed by atoms with Crippen molar-refractivity contribution in [2.75, 3.05) is 0 Å². The lowest BCUT2D eigenvalue weighted by molar-refractivity contribution is 0.406. The normalized spacial score (nSPS) is 50.4. The van der Waals surface area contributed by atoms with Crippen LogP contribution >= 0.6 is 69.6 Å². The van der Waals surface area contributed by atoms with Crippen LogP contribution in [0, 0.1) is 11.8 Å². The number of rotatable bonds is 4. The van der Waals surface area contributed by atoms with Crippen molar-refractivity contribution in [3.8, 4) is 0 Å². The minimum Gasteiger partial charge on any atom is -0.120 e. The number of allylic oxidation sites excluding steroid dienone is 4. The summed E-state index contributed by atoms with van der Waals surface area (Å²) in [6, 6.07) is 8.72. The van der Waals surface area contributed by atoms with E-state index in [1.807, 2.05) is 24.3 Å². The Morgan fingerprint density at radius 1 is 0.633 bits per heavy atom. The third-order valence-electron chi connectivity index (χ3n) is 8.08. The summed E-state index contributed by atoms with van der Waals surface area (Å²) in [5.74, 6) is 0.543. The van der Waals surface area contributed by atoms with Crippen LogP contribution in [0.25, 0.3) is 0 Å². The van der Waals surface area contributed by atoms with Crippen LogP contribution in [0.1, 0.15) is 49.7 Å². The maximum atomic E-state index is 6.94. The molecule has 0 nitrogen and oxygen atoms in total. The maximum absolute atomic E-state index is 6.94. The van der Waals surface area contributed by atoms with E-state index >= 15 is 0 Å². The number of alkyl halides is 6. The predicted octanol–water partition coefficient (Wildman–Crippen LogP) is 8.20. The zero-order valence-electron chi connectivity index (χ0n) is 16.8. The molecule has 1 aromatic rings. The summed E-state index contributed by atoms with van der Waals surface area (Å²) in [5.41, 5.74) is 2.43. The molecule has 0 spiro atoms. The molecule has 0 radical (unpaired) electrons. The van der Waals surface area contributed by atoms with Gasteiger partial charge in [-0.1, -0.05) is 62.4 Å². The molecule has 5 rings (SSSR count). The van der Waals surface area contributed by atoms with E-state index in [0.29, 0.717) is 12.8 Å². The maximum Gasteiger partial charge on any atom is 0.0813 e. The van der Waals surface area contributed by atoms with Crippen molar-refractivity contribution in [2.45, 2.75) is 68.8 Å². The van der Waals surface area contributed by atoms with Crippen molar-refractivity contribution in [1.82, 2.24) is 0 Å². The highest BCUT2D eigenvalue weighted by atomic mass is 35.5. The predicted molar refractivity (Wildman–Crippen MR) is 131 cm³/mol. The fraction of sp³-hybridized carbons (Fsp3) is 0.583. The number of hydrogen-bond acceptors (Lipinski definition) is 0. The van der Waals surface area contributed by atoms with Crippen LogP contribution in [-0.2, 0) is 0 Å².